The summed E-state index contributed by atoms with van der Waals surface area (Å²) < 4.78 is 1.75. The third-order valence-corrected chi connectivity index (χ3v) is 3.93. The first-order valence-electron chi connectivity index (χ1n) is 7.47. The van der Waals surface area contributed by atoms with Crippen molar-refractivity contribution in [3.63, 3.8) is 0 Å². The Morgan fingerprint density at radius 2 is 1.52 bits per heavy atom. The molecule has 2 aromatic heterocycles. The standard InChI is InChI=1S/C19H15N3O/c1-13-12-16(14-8-4-2-5-9-14)20-18-17(19(23)21-22(13)18)15-10-6-3-7-11-15/h2-12H,1H3,(H,21,23). The van der Waals surface area contributed by atoms with E-state index in [4.69, 9.17) is 4.98 Å². The van der Waals surface area contributed by atoms with Crippen LogP contribution in [0.3, 0.4) is 0 Å². The number of rotatable bonds is 2. The van der Waals surface area contributed by atoms with Crippen LogP contribution in [0.1, 0.15) is 5.69 Å². The zero-order valence-electron chi connectivity index (χ0n) is 12.7. The molecule has 0 atom stereocenters. The molecule has 0 aliphatic rings. The lowest BCUT2D eigenvalue weighted by atomic mass is 10.1. The number of benzene rings is 2. The van der Waals surface area contributed by atoms with Crippen LogP contribution in [0.4, 0.5) is 0 Å². The van der Waals surface area contributed by atoms with Gasteiger partial charge in [0, 0.05) is 11.3 Å². The molecule has 0 spiro atoms. The van der Waals surface area contributed by atoms with Gasteiger partial charge in [-0.2, -0.15) is 0 Å². The molecule has 0 fully saturated rings. The van der Waals surface area contributed by atoms with E-state index in [9.17, 15) is 4.79 Å². The molecule has 0 bridgehead atoms. The van der Waals surface area contributed by atoms with E-state index < -0.39 is 0 Å². The fourth-order valence-corrected chi connectivity index (χ4v) is 2.82. The predicted octanol–water partition coefficient (Wildman–Crippen LogP) is 3.67. The minimum absolute atomic E-state index is 0.128. The van der Waals surface area contributed by atoms with Crippen molar-refractivity contribution in [2.45, 2.75) is 6.92 Å². The molecule has 2 aromatic carbocycles. The number of nitrogens with one attached hydrogen (secondary N) is 1. The molecule has 112 valence electrons. The van der Waals surface area contributed by atoms with Gasteiger partial charge in [0.1, 0.15) is 0 Å². The average molecular weight is 301 g/mol. The van der Waals surface area contributed by atoms with E-state index >= 15 is 0 Å². The number of hydrogen-bond acceptors (Lipinski definition) is 2. The highest BCUT2D eigenvalue weighted by atomic mass is 16.1. The van der Waals surface area contributed by atoms with Crippen LogP contribution in [0.5, 0.6) is 0 Å². The van der Waals surface area contributed by atoms with Gasteiger partial charge in [0.15, 0.2) is 5.65 Å². The van der Waals surface area contributed by atoms with Crippen molar-refractivity contribution in [1.29, 1.82) is 0 Å². The molecule has 1 N–H and O–H groups in total. The van der Waals surface area contributed by atoms with Crippen molar-refractivity contribution in [2.24, 2.45) is 0 Å². The van der Waals surface area contributed by atoms with Gasteiger partial charge < -0.3 is 0 Å². The van der Waals surface area contributed by atoms with E-state index in [1.807, 2.05) is 73.7 Å². The molecule has 0 radical (unpaired) electrons. The van der Waals surface area contributed by atoms with E-state index in [1.54, 1.807) is 4.52 Å². The summed E-state index contributed by atoms with van der Waals surface area (Å²) >= 11 is 0. The summed E-state index contributed by atoms with van der Waals surface area (Å²) in [5.41, 5.74) is 4.83. The molecule has 0 saturated carbocycles. The molecule has 0 unspecified atom stereocenters. The lowest BCUT2D eigenvalue weighted by molar-refractivity contribution is 0.880. The number of aryl methyl sites for hydroxylation is 1. The summed E-state index contributed by atoms with van der Waals surface area (Å²) in [6, 6.07) is 21.6. The third kappa shape index (κ3) is 2.25. The smallest absolute Gasteiger partial charge is 0.267 e. The fourth-order valence-electron chi connectivity index (χ4n) is 2.82. The highest BCUT2D eigenvalue weighted by Crippen LogP contribution is 2.24. The van der Waals surface area contributed by atoms with E-state index in [2.05, 4.69) is 5.10 Å². The van der Waals surface area contributed by atoms with Crippen molar-refractivity contribution in [3.8, 4) is 22.4 Å². The first-order valence-corrected chi connectivity index (χ1v) is 7.47. The van der Waals surface area contributed by atoms with Crippen LogP contribution >= 0.6 is 0 Å². The zero-order valence-corrected chi connectivity index (χ0v) is 12.7. The molecule has 4 heteroatoms. The zero-order chi connectivity index (χ0) is 15.8. The average Bonchev–Trinajstić information content (AvgIpc) is 2.93. The SMILES string of the molecule is Cc1cc(-c2ccccc2)nc2c(-c3ccccc3)c(=O)[nH]n12. The highest BCUT2D eigenvalue weighted by molar-refractivity contribution is 5.78. The largest absolute Gasteiger partial charge is 0.274 e. The van der Waals surface area contributed by atoms with Crippen LogP contribution in [0.2, 0.25) is 0 Å². The van der Waals surface area contributed by atoms with Gasteiger partial charge in [-0.15, -0.1) is 0 Å². The molecule has 0 aliphatic heterocycles. The summed E-state index contributed by atoms with van der Waals surface area (Å²) in [7, 11) is 0. The number of hydrogen-bond donors (Lipinski definition) is 1. The second kappa shape index (κ2) is 5.25. The lowest BCUT2D eigenvalue weighted by Gasteiger charge is -2.06. The number of H-pyrrole nitrogens is 1. The maximum absolute atomic E-state index is 12.4. The molecular weight excluding hydrogens is 286 g/mol. The van der Waals surface area contributed by atoms with Crippen molar-refractivity contribution >= 4 is 5.65 Å². The first-order chi connectivity index (χ1) is 11.2. The van der Waals surface area contributed by atoms with Crippen molar-refractivity contribution < 1.29 is 0 Å². The number of fused-ring (bicyclic) bond motifs is 1. The predicted molar refractivity (Wildman–Crippen MR) is 91.4 cm³/mol. The number of nitrogens with zero attached hydrogens (tertiary/aromatic N) is 2. The summed E-state index contributed by atoms with van der Waals surface area (Å²) in [6.45, 7) is 1.96. The monoisotopic (exact) mass is 301 g/mol. The quantitative estimate of drug-likeness (QED) is 0.614. The molecule has 23 heavy (non-hydrogen) atoms. The summed E-state index contributed by atoms with van der Waals surface area (Å²) in [6.07, 6.45) is 0. The van der Waals surface area contributed by atoms with E-state index in [0.29, 0.717) is 11.2 Å². The first kappa shape index (κ1) is 13.5. The van der Waals surface area contributed by atoms with Gasteiger partial charge in [-0.05, 0) is 18.6 Å². The molecule has 4 nitrogen and oxygen atoms in total. The van der Waals surface area contributed by atoms with Crippen molar-refractivity contribution in [2.75, 3.05) is 0 Å². The topological polar surface area (TPSA) is 50.2 Å². The van der Waals surface area contributed by atoms with Crippen molar-refractivity contribution in [3.05, 3.63) is 82.8 Å². The van der Waals surface area contributed by atoms with E-state index in [-0.39, 0.29) is 5.56 Å². The highest BCUT2D eigenvalue weighted by Gasteiger charge is 2.15. The van der Waals surface area contributed by atoms with Crippen LogP contribution in [-0.2, 0) is 0 Å². The lowest BCUT2D eigenvalue weighted by Crippen LogP contribution is -2.03. The maximum atomic E-state index is 12.4. The Labute approximate surface area is 133 Å². The normalized spacial score (nSPS) is 11.0. The minimum Gasteiger partial charge on any atom is -0.267 e. The summed E-state index contributed by atoms with van der Waals surface area (Å²) in [5.74, 6) is 0. The Hall–Kier alpha value is -3.14. The van der Waals surface area contributed by atoms with Crippen LogP contribution in [-0.4, -0.2) is 14.6 Å². The molecule has 4 aromatic rings. The van der Waals surface area contributed by atoms with Crippen LogP contribution in [0.15, 0.2) is 71.5 Å². The van der Waals surface area contributed by atoms with Crippen molar-refractivity contribution in [1.82, 2.24) is 14.6 Å². The van der Waals surface area contributed by atoms with E-state index in [0.717, 1.165) is 22.5 Å². The van der Waals surface area contributed by atoms with Crippen LogP contribution in [0, 0.1) is 6.92 Å². The Balaban J connectivity index is 2.04. The van der Waals surface area contributed by atoms with Gasteiger partial charge >= 0.3 is 0 Å². The van der Waals surface area contributed by atoms with Gasteiger partial charge in [-0.1, -0.05) is 60.7 Å². The summed E-state index contributed by atoms with van der Waals surface area (Å²) in [4.78, 5) is 17.2. The van der Waals surface area contributed by atoms with E-state index in [1.165, 1.54) is 0 Å². The molecule has 0 saturated heterocycles. The molecule has 0 amide bonds. The molecule has 2 heterocycles. The number of aromatic amines is 1. The fraction of sp³-hybridized carbons (Fsp3) is 0.0526. The Kier molecular flexibility index (Phi) is 3.08. The molecule has 0 aliphatic carbocycles. The molecular formula is C19H15N3O. The molecule has 4 rings (SSSR count). The third-order valence-electron chi connectivity index (χ3n) is 3.93. The second-order valence-corrected chi connectivity index (χ2v) is 5.49. The van der Waals surface area contributed by atoms with Crippen LogP contribution < -0.4 is 5.56 Å². The summed E-state index contributed by atoms with van der Waals surface area (Å²) in [5, 5.41) is 2.87. The Morgan fingerprint density at radius 1 is 0.913 bits per heavy atom. The Bertz CT molecular complexity index is 1030. The van der Waals surface area contributed by atoms with Gasteiger partial charge in [0.2, 0.25) is 0 Å². The number of aromatic nitrogens is 3. The van der Waals surface area contributed by atoms with Crippen LogP contribution in [0.25, 0.3) is 28.0 Å². The maximum Gasteiger partial charge on any atom is 0.274 e. The minimum atomic E-state index is -0.128. The van der Waals surface area contributed by atoms with Gasteiger partial charge in [-0.25, -0.2) is 9.50 Å². The second-order valence-electron chi connectivity index (χ2n) is 5.49. The Morgan fingerprint density at radius 3 is 2.17 bits per heavy atom. The van der Waals surface area contributed by atoms with Gasteiger partial charge in [0.05, 0.1) is 11.3 Å². The van der Waals surface area contributed by atoms with Gasteiger partial charge in [-0.3, -0.25) is 9.89 Å². The van der Waals surface area contributed by atoms with Gasteiger partial charge in [0.25, 0.3) is 5.56 Å².